The average Bonchev–Trinajstić information content (AvgIpc) is 2.70. The van der Waals surface area contributed by atoms with E-state index < -0.39 is 5.97 Å². The summed E-state index contributed by atoms with van der Waals surface area (Å²) in [5.41, 5.74) is 2.75. The minimum atomic E-state index is -0.803. The Labute approximate surface area is 164 Å². The molecule has 148 valence electrons. The molecule has 1 amide bonds. The standard InChI is InChI=1S/C22H25FN2O3/c1-16-2-4-17(5-3-16)20(10-11-21(26)27)24-12-14-25(15-13-24)22(28)18-6-8-19(23)9-7-18/h2-9,20H,10-15H2,1H3,(H,26,27)/t20-/m0/s1. The molecule has 2 aromatic carbocycles. The fraction of sp³-hybridized carbons (Fsp3) is 0.364. The summed E-state index contributed by atoms with van der Waals surface area (Å²) in [6, 6.07) is 13.8. The number of hydrogen-bond donors (Lipinski definition) is 1. The first-order valence-corrected chi connectivity index (χ1v) is 9.51. The number of piperazine rings is 1. The number of amides is 1. The molecular weight excluding hydrogens is 359 g/mol. The maximum Gasteiger partial charge on any atom is 0.303 e. The van der Waals surface area contributed by atoms with Gasteiger partial charge in [0.05, 0.1) is 0 Å². The molecule has 0 aliphatic carbocycles. The van der Waals surface area contributed by atoms with E-state index in [-0.39, 0.29) is 24.2 Å². The minimum Gasteiger partial charge on any atom is -0.481 e. The van der Waals surface area contributed by atoms with Crippen molar-refractivity contribution in [2.24, 2.45) is 0 Å². The third-order valence-electron chi connectivity index (χ3n) is 5.23. The van der Waals surface area contributed by atoms with Crippen molar-refractivity contribution in [2.75, 3.05) is 26.2 Å². The molecule has 1 aliphatic heterocycles. The van der Waals surface area contributed by atoms with Crippen molar-refractivity contribution in [3.05, 3.63) is 71.0 Å². The van der Waals surface area contributed by atoms with Gasteiger partial charge in [-0.05, 0) is 43.2 Å². The smallest absolute Gasteiger partial charge is 0.303 e. The zero-order valence-corrected chi connectivity index (χ0v) is 16.0. The molecule has 28 heavy (non-hydrogen) atoms. The van der Waals surface area contributed by atoms with Gasteiger partial charge < -0.3 is 10.0 Å². The summed E-state index contributed by atoms with van der Waals surface area (Å²) in [6.07, 6.45) is 0.636. The molecule has 0 radical (unpaired) electrons. The van der Waals surface area contributed by atoms with E-state index in [1.807, 2.05) is 19.1 Å². The molecule has 2 aromatic rings. The average molecular weight is 384 g/mol. The van der Waals surface area contributed by atoms with Crippen LogP contribution in [0.1, 0.15) is 40.4 Å². The predicted molar refractivity (Wildman–Crippen MR) is 105 cm³/mol. The number of carboxylic acid groups (broad SMARTS) is 1. The van der Waals surface area contributed by atoms with Crippen molar-refractivity contribution in [1.29, 1.82) is 0 Å². The second kappa shape index (κ2) is 8.97. The topological polar surface area (TPSA) is 60.9 Å². The number of halogens is 1. The molecular formula is C22H25FN2O3. The number of aliphatic carboxylic acids is 1. The molecule has 1 N–H and O–H groups in total. The first-order valence-electron chi connectivity index (χ1n) is 9.51. The van der Waals surface area contributed by atoms with Gasteiger partial charge in [-0.2, -0.15) is 0 Å². The third-order valence-corrected chi connectivity index (χ3v) is 5.23. The largest absolute Gasteiger partial charge is 0.481 e. The molecule has 0 spiro atoms. The van der Waals surface area contributed by atoms with Gasteiger partial charge in [-0.1, -0.05) is 29.8 Å². The van der Waals surface area contributed by atoms with Gasteiger partial charge in [0.2, 0.25) is 0 Å². The first-order chi connectivity index (χ1) is 13.4. The van der Waals surface area contributed by atoms with Gasteiger partial charge >= 0.3 is 5.97 Å². The Bertz CT molecular complexity index is 813. The molecule has 5 nitrogen and oxygen atoms in total. The summed E-state index contributed by atoms with van der Waals surface area (Å²) in [7, 11) is 0. The Balaban J connectivity index is 1.67. The molecule has 0 bridgehead atoms. The summed E-state index contributed by atoms with van der Waals surface area (Å²) >= 11 is 0. The van der Waals surface area contributed by atoms with E-state index in [0.717, 1.165) is 11.1 Å². The van der Waals surface area contributed by atoms with E-state index in [9.17, 15) is 14.0 Å². The van der Waals surface area contributed by atoms with Crippen molar-refractivity contribution in [3.8, 4) is 0 Å². The highest BCUT2D eigenvalue weighted by Gasteiger charge is 2.28. The second-order valence-corrected chi connectivity index (χ2v) is 7.19. The highest BCUT2D eigenvalue weighted by molar-refractivity contribution is 5.94. The van der Waals surface area contributed by atoms with Crippen LogP contribution in [-0.4, -0.2) is 53.0 Å². The van der Waals surface area contributed by atoms with Crippen LogP contribution in [0.3, 0.4) is 0 Å². The number of nitrogens with zero attached hydrogens (tertiary/aromatic N) is 2. The van der Waals surface area contributed by atoms with Crippen LogP contribution in [0.25, 0.3) is 0 Å². The molecule has 1 saturated heterocycles. The Morgan fingerprint density at radius 2 is 1.61 bits per heavy atom. The van der Waals surface area contributed by atoms with E-state index in [1.165, 1.54) is 24.3 Å². The number of rotatable bonds is 6. The van der Waals surface area contributed by atoms with Gasteiger partial charge in [0, 0.05) is 44.2 Å². The van der Waals surface area contributed by atoms with Crippen LogP contribution < -0.4 is 0 Å². The van der Waals surface area contributed by atoms with Crippen LogP contribution in [0.2, 0.25) is 0 Å². The van der Waals surface area contributed by atoms with E-state index in [4.69, 9.17) is 5.11 Å². The molecule has 1 fully saturated rings. The molecule has 3 rings (SSSR count). The van der Waals surface area contributed by atoms with Crippen molar-refractivity contribution >= 4 is 11.9 Å². The Kier molecular flexibility index (Phi) is 6.41. The van der Waals surface area contributed by atoms with Gasteiger partial charge in [-0.15, -0.1) is 0 Å². The lowest BCUT2D eigenvalue weighted by molar-refractivity contribution is -0.137. The molecule has 1 atom stereocenters. The molecule has 1 aliphatic rings. The van der Waals surface area contributed by atoms with Gasteiger partial charge in [0.1, 0.15) is 5.82 Å². The summed E-state index contributed by atoms with van der Waals surface area (Å²) in [5, 5.41) is 9.11. The lowest BCUT2D eigenvalue weighted by atomic mass is 9.98. The van der Waals surface area contributed by atoms with Crippen LogP contribution in [0, 0.1) is 12.7 Å². The zero-order chi connectivity index (χ0) is 20.1. The number of benzene rings is 2. The Hall–Kier alpha value is -2.73. The van der Waals surface area contributed by atoms with Crippen LogP contribution in [-0.2, 0) is 4.79 Å². The van der Waals surface area contributed by atoms with Crippen LogP contribution in [0.5, 0.6) is 0 Å². The van der Waals surface area contributed by atoms with Gasteiger partial charge in [-0.3, -0.25) is 14.5 Å². The third kappa shape index (κ3) is 4.95. The number of aryl methyl sites for hydroxylation is 1. The number of hydrogen-bond acceptors (Lipinski definition) is 3. The lowest BCUT2D eigenvalue weighted by Crippen LogP contribution is -2.49. The highest BCUT2D eigenvalue weighted by atomic mass is 19.1. The van der Waals surface area contributed by atoms with Gasteiger partial charge in [-0.25, -0.2) is 4.39 Å². The number of carboxylic acids is 1. The molecule has 6 heteroatoms. The zero-order valence-electron chi connectivity index (χ0n) is 16.0. The molecule has 0 unspecified atom stereocenters. The normalized spacial score (nSPS) is 16.0. The SMILES string of the molecule is Cc1ccc([C@H](CCC(=O)O)N2CCN(C(=O)c3ccc(F)cc3)CC2)cc1. The quantitative estimate of drug-likeness (QED) is 0.828. The summed E-state index contributed by atoms with van der Waals surface area (Å²) in [5.74, 6) is -1.26. The summed E-state index contributed by atoms with van der Waals surface area (Å²) in [4.78, 5) is 27.7. The van der Waals surface area contributed by atoms with Crippen LogP contribution >= 0.6 is 0 Å². The Morgan fingerprint density at radius 3 is 2.18 bits per heavy atom. The monoisotopic (exact) mass is 384 g/mol. The maximum atomic E-state index is 13.1. The number of carbonyl (C=O) groups is 2. The van der Waals surface area contributed by atoms with Crippen molar-refractivity contribution in [2.45, 2.75) is 25.8 Å². The Morgan fingerprint density at radius 1 is 1.00 bits per heavy atom. The van der Waals surface area contributed by atoms with Crippen LogP contribution in [0.4, 0.5) is 4.39 Å². The molecule has 0 saturated carbocycles. The second-order valence-electron chi connectivity index (χ2n) is 7.19. The fourth-order valence-corrected chi connectivity index (χ4v) is 3.62. The maximum absolute atomic E-state index is 13.1. The highest BCUT2D eigenvalue weighted by Crippen LogP contribution is 2.27. The van der Waals surface area contributed by atoms with Crippen molar-refractivity contribution in [1.82, 2.24) is 9.80 Å². The van der Waals surface area contributed by atoms with Crippen LogP contribution in [0.15, 0.2) is 48.5 Å². The van der Waals surface area contributed by atoms with E-state index in [0.29, 0.717) is 38.2 Å². The summed E-state index contributed by atoms with van der Waals surface area (Å²) < 4.78 is 13.1. The van der Waals surface area contributed by atoms with Gasteiger partial charge in [0.25, 0.3) is 5.91 Å². The first kappa shape index (κ1) is 20.0. The molecule has 1 heterocycles. The minimum absolute atomic E-state index is 0.0137. The van der Waals surface area contributed by atoms with Gasteiger partial charge in [0.15, 0.2) is 0 Å². The predicted octanol–water partition coefficient (Wildman–Crippen LogP) is 3.50. The van der Waals surface area contributed by atoms with E-state index >= 15 is 0 Å². The molecule has 0 aromatic heterocycles. The van der Waals surface area contributed by atoms with Crippen molar-refractivity contribution in [3.63, 3.8) is 0 Å². The number of carbonyl (C=O) groups excluding carboxylic acids is 1. The fourth-order valence-electron chi connectivity index (χ4n) is 3.62. The lowest BCUT2D eigenvalue weighted by Gasteiger charge is -2.39. The van der Waals surface area contributed by atoms with E-state index in [2.05, 4.69) is 17.0 Å². The van der Waals surface area contributed by atoms with Crippen molar-refractivity contribution < 1.29 is 19.1 Å². The van der Waals surface area contributed by atoms with E-state index in [1.54, 1.807) is 4.90 Å². The summed E-state index contributed by atoms with van der Waals surface area (Å²) in [6.45, 7) is 4.49.